The second-order valence-electron chi connectivity index (χ2n) is 5.79. The van der Waals surface area contributed by atoms with E-state index in [-0.39, 0.29) is 18.0 Å². The van der Waals surface area contributed by atoms with Crippen molar-refractivity contribution in [1.29, 1.82) is 0 Å². The van der Waals surface area contributed by atoms with Gasteiger partial charge in [-0.2, -0.15) is 0 Å². The number of hydrogen-bond donors (Lipinski definition) is 1. The Labute approximate surface area is 112 Å². The Hall–Kier alpha value is -1.84. The number of carbonyl (C=O) groups is 2. The van der Waals surface area contributed by atoms with Gasteiger partial charge < -0.3 is 5.32 Å². The molecule has 1 N–H and O–H groups in total. The van der Waals surface area contributed by atoms with Crippen molar-refractivity contribution in [2.24, 2.45) is 5.41 Å². The number of nitrogens with one attached hydrogen (secondary N) is 1. The zero-order valence-corrected chi connectivity index (χ0v) is 11.3. The minimum absolute atomic E-state index is 0.00537. The first-order chi connectivity index (χ1) is 9.02. The average molecular weight is 258 g/mol. The summed E-state index contributed by atoms with van der Waals surface area (Å²) in [6.45, 7) is 3.95. The summed E-state index contributed by atoms with van der Waals surface area (Å²) in [7, 11) is 0. The van der Waals surface area contributed by atoms with Gasteiger partial charge >= 0.3 is 6.03 Å². The van der Waals surface area contributed by atoms with Crippen molar-refractivity contribution >= 4 is 17.6 Å². The van der Waals surface area contributed by atoms with Gasteiger partial charge in [-0.25, -0.2) is 9.69 Å². The van der Waals surface area contributed by atoms with Gasteiger partial charge in [-0.05, 0) is 38.8 Å². The highest BCUT2D eigenvalue weighted by Gasteiger charge is 2.53. The summed E-state index contributed by atoms with van der Waals surface area (Å²) in [5.74, 6) is -0.0670. The van der Waals surface area contributed by atoms with E-state index in [1.165, 1.54) is 4.90 Å². The van der Waals surface area contributed by atoms with Crippen LogP contribution in [0, 0.1) is 12.3 Å². The number of aryl methyl sites for hydroxylation is 1. The molecule has 1 heterocycles. The van der Waals surface area contributed by atoms with Gasteiger partial charge in [-0.3, -0.25) is 4.79 Å². The average Bonchev–Trinajstić information content (AvgIpc) is 2.75. The fraction of sp³-hybridized carbons (Fsp3) is 0.467. The quantitative estimate of drug-likeness (QED) is 0.841. The molecule has 19 heavy (non-hydrogen) atoms. The molecule has 1 aromatic rings. The molecule has 100 valence electrons. The zero-order chi connectivity index (χ0) is 13.6. The molecule has 2 unspecified atom stereocenters. The number of hydrogen-bond acceptors (Lipinski definition) is 2. The minimum Gasteiger partial charge on any atom is -0.334 e. The van der Waals surface area contributed by atoms with Gasteiger partial charge in [0.25, 0.3) is 0 Å². The third-order valence-corrected chi connectivity index (χ3v) is 4.44. The molecular formula is C15H18N2O2. The molecular weight excluding hydrogens is 240 g/mol. The Balaban J connectivity index is 1.99. The van der Waals surface area contributed by atoms with Crippen LogP contribution in [0.4, 0.5) is 10.5 Å². The summed E-state index contributed by atoms with van der Waals surface area (Å²) >= 11 is 0. The molecule has 4 nitrogen and oxygen atoms in total. The van der Waals surface area contributed by atoms with E-state index in [0.29, 0.717) is 5.69 Å². The summed E-state index contributed by atoms with van der Waals surface area (Å²) in [4.78, 5) is 26.2. The molecule has 1 saturated heterocycles. The molecule has 2 aliphatic rings. The summed E-state index contributed by atoms with van der Waals surface area (Å²) in [6, 6.07) is 7.18. The van der Waals surface area contributed by atoms with Crippen molar-refractivity contribution in [2.45, 2.75) is 39.2 Å². The maximum atomic E-state index is 12.7. The highest BCUT2D eigenvalue weighted by atomic mass is 16.2. The molecule has 1 saturated carbocycles. The molecule has 1 aliphatic heterocycles. The molecule has 0 bridgehead atoms. The summed E-state index contributed by atoms with van der Waals surface area (Å²) < 4.78 is 0. The third kappa shape index (κ3) is 1.74. The monoisotopic (exact) mass is 258 g/mol. The van der Waals surface area contributed by atoms with E-state index >= 15 is 0 Å². The number of imide groups is 1. The Bertz CT molecular complexity index is 538. The van der Waals surface area contributed by atoms with E-state index in [1.807, 2.05) is 38.1 Å². The molecule has 2 fully saturated rings. The van der Waals surface area contributed by atoms with Gasteiger partial charge in [0, 0.05) is 6.04 Å². The lowest BCUT2D eigenvalue weighted by atomic mass is 9.81. The predicted octanol–water partition coefficient (Wildman–Crippen LogP) is 2.61. The van der Waals surface area contributed by atoms with Gasteiger partial charge in [0.2, 0.25) is 5.91 Å². The molecule has 3 amide bonds. The minimum atomic E-state index is -0.446. The molecule has 1 aromatic carbocycles. The van der Waals surface area contributed by atoms with Crippen molar-refractivity contribution in [1.82, 2.24) is 5.32 Å². The van der Waals surface area contributed by atoms with Crippen LogP contribution in [-0.4, -0.2) is 18.0 Å². The van der Waals surface area contributed by atoms with Crippen molar-refractivity contribution in [3.05, 3.63) is 29.8 Å². The molecule has 0 radical (unpaired) electrons. The number of anilines is 1. The second-order valence-corrected chi connectivity index (χ2v) is 5.79. The topological polar surface area (TPSA) is 49.4 Å². The highest BCUT2D eigenvalue weighted by molar-refractivity contribution is 6.18. The van der Waals surface area contributed by atoms with E-state index in [4.69, 9.17) is 0 Å². The summed E-state index contributed by atoms with van der Waals surface area (Å²) in [6.07, 6.45) is 2.74. The number of amides is 3. The molecule has 0 spiro atoms. The molecule has 0 aromatic heterocycles. The van der Waals surface area contributed by atoms with Gasteiger partial charge in [-0.15, -0.1) is 0 Å². The van der Waals surface area contributed by atoms with Crippen LogP contribution in [0.3, 0.4) is 0 Å². The van der Waals surface area contributed by atoms with Crippen molar-refractivity contribution < 1.29 is 9.59 Å². The lowest BCUT2D eigenvalue weighted by Gasteiger charge is -2.40. The molecule has 4 heteroatoms. The van der Waals surface area contributed by atoms with Crippen LogP contribution in [-0.2, 0) is 4.79 Å². The van der Waals surface area contributed by atoms with Gasteiger partial charge in [0.05, 0.1) is 11.1 Å². The number of urea groups is 1. The Morgan fingerprint density at radius 1 is 1.26 bits per heavy atom. The largest absolute Gasteiger partial charge is 0.334 e. The zero-order valence-electron chi connectivity index (χ0n) is 11.3. The normalized spacial score (nSPS) is 30.2. The number of carbonyl (C=O) groups excluding carboxylic acids is 2. The van der Waals surface area contributed by atoms with Crippen LogP contribution in [0.1, 0.15) is 31.7 Å². The van der Waals surface area contributed by atoms with E-state index in [2.05, 4.69) is 5.32 Å². The standard InChI is InChI=1S/C15H18N2O2/c1-10-5-7-11(8-6-10)17-13(18)15(2)9-3-4-12(15)16-14(17)19/h5-8,12H,3-4,9H2,1-2H3,(H,16,19). The first-order valence-electron chi connectivity index (χ1n) is 6.74. The highest BCUT2D eigenvalue weighted by Crippen LogP contribution is 2.42. The SMILES string of the molecule is Cc1ccc(N2C(=O)NC3CCCC3(C)C2=O)cc1. The third-order valence-electron chi connectivity index (χ3n) is 4.44. The summed E-state index contributed by atoms with van der Waals surface area (Å²) in [5, 5.41) is 2.98. The van der Waals surface area contributed by atoms with Crippen LogP contribution >= 0.6 is 0 Å². The molecule has 1 aliphatic carbocycles. The van der Waals surface area contributed by atoms with E-state index in [1.54, 1.807) is 0 Å². The Kier molecular flexibility index (Phi) is 2.62. The van der Waals surface area contributed by atoms with E-state index in [0.717, 1.165) is 24.8 Å². The first-order valence-corrected chi connectivity index (χ1v) is 6.74. The van der Waals surface area contributed by atoms with Gasteiger partial charge in [0.15, 0.2) is 0 Å². The van der Waals surface area contributed by atoms with Crippen molar-refractivity contribution in [2.75, 3.05) is 4.90 Å². The lowest BCUT2D eigenvalue weighted by Crippen LogP contribution is -2.63. The fourth-order valence-electron chi connectivity index (χ4n) is 3.14. The molecule has 2 atom stereocenters. The Morgan fingerprint density at radius 2 is 1.95 bits per heavy atom. The van der Waals surface area contributed by atoms with Gasteiger partial charge in [0.1, 0.15) is 0 Å². The number of nitrogens with zero attached hydrogens (tertiary/aromatic N) is 1. The maximum absolute atomic E-state index is 12.7. The van der Waals surface area contributed by atoms with Crippen molar-refractivity contribution in [3.8, 4) is 0 Å². The first kappa shape index (κ1) is 12.2. The van der Waals surface area contributed by atoms with Crippen molar-refractivity contribution in [3.63, 3.8) is 0 Å². The van der Waals surface area contributed by atoms with E-state index in [9.17, 15) is 9.59 Å². The summed E-state index contributed by atoms with van der Waals surface area (Å²) in [5.41, 5.74) is 1.32. The lowest BCUT2D eigenvalue weighted by molar-refractivity contribution is -0.128. The van der Waals surface area contributed by atoms with Gasteiger partial charge in [-0.1, -0.05) is 24.1 Å². The fourth-order valence-corrected chi connectivity index (χ4v) is 3.14. The number of rotatable bonds is 1. The number of benzene rings is 1. The predicted molar refractivity (Wildman–Crippen MR) is 72.9 cm³/mol. The van der Waals surface area contributed by atoms with Crippen LogP contribution in [0.25, 0.3) is 0 Å². The van der Waals surface area contributed by atoms with E-state index < -0.39 is 5.41 Å². The van der Waals surface area contributed by atoms with Crippen LogP contribution in [0.5, 0.6) is 0 Å². The van der Waals surface area contributed by atoms with Crippen LogP contribution < -0.4 is 10.2 Å². The molecule has 3 rings (SSSR count). The Morgan fingerprint density at radius 3 is 2.63 bits per heavy atom. The second kappa shape index (κ2) is 4.08. The smallest absolute Gasteiger partial charge is 0.329 e. The van der Waals surface area contributed by atoms with Crippen LogP contribution in [0.15, 0.2) is 24.3 Å². The number of fused-ring (bicyclic) bond motifs is 1. The van der Waals surface area contributed by atoms with Crippen LogP contribution in [0.2, 0.25) is 0 Å². The maximum Gasteiger partial charge on any atom is 0.329 e.